The molecular weight excluding hydrogens is 374 g/mol. The van der Waals surface area contributed by atoms with Crippen LogP contribution in [0.1, 0.15) is 43.0 Å². The van der Waals surface area contributed by atoms with E-state index in [9.17, 15) is 9.90 Å². The fraction of sp³-hybridized carbons (Fsp3) is 0.400. The Hall–Kier alpha value is -2.51. The summed E-state index contributed by atoms with van der Waals surface area (Å²) in [6.07, 6.45) is -0.214. The van der Waals surface area contributed by atoms with Crippen molar-refractivity contribution in [2.24, 2.45) is 0 Å². The molecule has 3 nitrogen and oxygen atoms in total. The summed E-state index contributed by atoms with van der Waals surface area (Å²) in [6, 6.07) is 16.4. The Labute approximate surface area is 176 Å². The average molecular weight is 408 g/mol. The van der Waals surface area contributed by atoms with Gasteiger partial charge in [0, 0.05) is 18.7 Å². The van der Waals surface area contributed by atoms with Gasteiger partial charge in [0.1, 0.15) is 8.07 Å². The van der Waals surface area contributed by atoms with Crippen LogP contribution >= 0.6 is 0 Å². The first-order valence-corrected chi connectivity index (χ1v) is 13.6. The summed E-state index contributed by atoms with van der Waals surface area (Å²) in [4.78, 5) is 13.2. The van der Waals surface area contributed by atoms with Crippen molar-refractivity contribution in [2.45, 2.75) is 58.8 Å². The molecule has 0 spiro atoms. The van der Waals surface area contributed by atoms with Crippen LogP contribution in [-0.2, 0) is 18.4 Å². The van der Waals surface area contributed by atoms with Crippen LogP contribution in [0, 0.1) is 11.5 Å². The fourth-order valence-electron chi connectivity index (χ4n) is 2.90. The largest absolute Gasteiger partial charge is 0.465 e. The van der Waals surface area contributed by atoms with Crippen LogP contribution in [0.4, 0.5) is 4.79 Å². The van der Waals surface area contributed by atoms with Crippen LogP contribution in [0.25, 0.3) is 0 Å². The van der Waals surface area contributed by atoms with Gasteiger partial charge in [-0.1, -0.05) is 82.7 Å². The number of carboxylic acid groups (broad SMARTS) is 1. The molecular formula is C25H33NO2Si. The Morgan fingerprint density at radius 1 is 1.03 bits per heavy atom. The van der Waals surface area contributed by atoms with E-state index >= 15 is 0 Å². The number of nitrogens with zero attached hydrogens (tertiary/aromatic N) is 1. The van der Waals surface area contributed by atoms with Crippen molar-refractivity contribution in [1.82, 2.24) is 4.90 Å². The summed E-state index contributed by atoms with van der Waals surface area (Å²) in [7, 11) is -1.42. The highest BCUT2D eigenvalue weighted by atomic mass is 28.3. The summed E-state index contributed by atoms with van der Waals surface area (Å²) < 4.78 is 0. The first-order valence-electron chi connectivity index (χ1n) is 10.1. The second-order valence-electron chi connectivity index (χ2n) is 9.60. The Kier molecular flexibility index (Phi) is 7.32. The van der Waals surface area contributed by atoms with Crippen molar-refractivity contribution in [1.29, 1.82) is 0 Å². The Morgan fingerprint density at radius 3 is 2.24 bits per heavy atom. The molecule has 0 aliphatic rings. The molecule has 0 fully saturated rings. The average Bonchev–Trinajstić information content (AvgIpc) is 2.62. The van der Waals surface area contributed by atoms with E-state index in [-0.39, 0.29) is 5.41 Å². The number of carbonyl (C=O) groups is 1. The second kappa shape index (κ2) is 9.32. The Balaban J connectivity index is 2.04. The molecule has 0 atom stereocenters. The topological polar surface area (TPSA) is 40.5 Å². The molecule has 0 saturated heterocycles. The van der Waals surface area contributed by atoms with Crippen molar-refractivity contribution in [3.05, 3.63) is 70.8 Å². The molecule has 4 heteroatoms. The molecule has 29 heavy (non-hydrogen) atoms. The highest BCUT2D eigenvalue weighted by Crippen LogP contribution is 2.22. The first kappa shape index (κ1) is 22.8. The lowest BCUT2D eigenvalue weighted by atomic mass is 9.87. The van der Waals surface area contributed by atoms with Crippen molar-refractivity contribution < 1.29 is 9.90 Å². The van der Waals surface area contributed by atoms with E-state index in [0.29, 0.717) is 19.5 Å². The fourth-order valence-corrected chi connectivity index (χ4v) is 3.42. The smallest absolute Gasteiger partial charge is 0.407 e. The van der Waals surface area contributed by atoms with Crippen LogP contribution in [0.5, 0.6) is 0 Å². The molecule has 2 aromatic rings. The standard InChI is InChI=1S/C25H33NO2Si/c1-25(2,3)23-12-10-22(11-13-23)19-26(24(27)28)16-14-20-8-7-9-21(18-20)15-17-29(4,5)6/h7-13,18H,14,16,19H2,1-6H3,(H,27,28). The number of benzene rings is 2. The SMILES string of the molecule is CC(C)(C)c1ccc(CN(CCc2cccc(C#C[Si](C)(C)C)c2)C(=O)O)cc1. The molecule has 2 rings (SSSR count). The van der Waals surface area contributed by atoms with E-state index in [4.69, 9.17) is 0 Å². The number of amides is 1. The van der Waals surface area contributed by atoms with Crippen LogP contribution in [-0.4, -0.2) is 30.7 Å². The summed E-state index contributed by atoms with van der Waals surface area (Å²) in [5, 5.41) is 9.63. The van der Waals surface area contributed by atoms with Crippen molar-refractivity contribution in [2.75, 3.05) is 6.54 Å². The second-order valence-corrected chi connectivity index (χ2v) is 14.4. The van der Waals surface area contributed by atoms with E-state index in [1.165, 1.54) is 10.5 Å². The molecule has 0 aromatic heterocycles. The van der Waals surface area contributed by atoms with Crippen molar-refractivity contribution >= 4 is 14.2 Å². The van der Waals surface area contributed by atoms with E-state index in [1.54, 1.807) is 0 Å². The minimum Gasteiger partial charge on any atom is -0.465 e. The molecule has 0 saturated carbocycles. The maximum Gasteiger partial charge on any atom is 0.407 e. The summed E-state index contributed by atoms with van der Waals surface area (Å²) in [5.74, 6) is 3.27. The highest BCUT2D eigenvalue weighted by molar-refractivity contribution is 6.83. The minimum absolute atomic E-state index is 0.0917. The molecule has 1 N–H and O–H groups in total. The van der Waals surface area contributed by atoms with E-state index in [1.807, 2.05) is 30.3 Å². The number of hydrogen-bond acceptors (Lipinski definition) is 1. The molecule has 0 bridgehead atoms. The van der Waals surface area contributed by atoms with Gasteiger partial charge in [-0.15, -0.1) is 5.54 Å². The number of hydrogen-bond donors (Lipinski definition) is 1. The number of rotatable bonds is 5. The molecule has 0 heterocycles. The van der Waals surface area contributed by atoms with Gasteiger partial charge in [-0.3, -0.25) is 0 Å². The molecule has 154 valence electrons. The third-order valence-electron chi connectivity index (χ3n) is 4.64. The third-order valence-corrected chi connectivity index (χ3v) is 5.52. The molecule has 2 aromatic carbocycles. The van der Waals surface area contributed by atoms with Crippen molar-refractivity contribution in [3.63, 3.8) is 0 Å². The predicted molar refractivity (Wildman–Crippen MR) is 124 cm³/mol. The predicted octanol–water partition coefficient (Wildman–Crippen LogP) is 5.94. The van der Waals surface area contributed by atoms with Crippen LogP contribution in [0.2, 0.25) is 19.6 Å². The maximum atomic E-state index is 11.7. The highest BCUT2D eigenvalue weighted by Gasteiger charge is 2.15. The Morgan fingerprint density at radius 2 is 1.69 bits per heavy atom. The van der Waals surface area contributed by atoms with Crippen LogP contribution in [0.3, 0.4) is 0 Å². The molecule has 1 amide bonds. The van der Waals surface area contributed by atoms with Gasteiger partial charge in [0.05, 0.1) is 0 Å². The van der Waals surface area contributed by atoms with E-state index in [2.05, 4.69) is 70.1 Å². The van der Waals surface area contributed by atoms with Gasteiger partial charge in [0.2, 0.25) is 0 Å². The maximum absolute atomic E-state index is 11.7. The quantitative estimate of drug-likeness (QED) is 0.492. The van der Waals surface area contributed by atoms with Gasteiger partial charge >= 0.3 is 6.09 Å². The van der Waals surface area contributed by atoms with Gasteiger partial charge in [-0.25, -0.2) is 4.79 Å². The van der Waals surface area contributed by atoms with E-state index < -0.39 is 14.2 Å². The molecule has 0 aliphatic carbocycles. The molecule has 0 radical (unpaired) electrons. The lowest BCUT2D eigenvalue weighted by Gasteiger charge is -2.22. The van der Waals surface area contributed by atoms with Crippen LogP contribution < -0.4 is 0 Å². The minimum atomic E-state index is -1.42. The molecule has 0 unspecified atom stereocenters. The lowest BCUT2D eigenvalue weighted by molar-refractivity contribution is 0.143. The molecule has 0 aliphatic heterocycles. The zero-order valence-corrected chi connectivity index (χ0v) is 19.5. The Bertz CT molecular complexity index is 893. The van der Waals surface area contributed by atoms with Crippen LogP contribution in [0.15, 0.2) is 48.5 Å². The van der Waals surface area contributed by atoms with Gasteiger partial charge in [0.15, 0.2) is 0 Å². The van der Waals surface area contributed by atoms with Gasteiger partial charge in [0.25, 0.3) is 0 Å². The zero-order valence-electron chi connectivity index (χ0n) is 18.5. The third kappa shape index (κ3) is 7.79. The monoisotopic (exact) mass is 407 g/mol. The summed E-state index contributed by atoms with van der Waals surface area (Å²) in [6.45, 7) is 14.1. The van der Waals surface area contributed by atoms with E-state index in [0.717, 1.165) is 16.7 Å². The van der Waals surface area contributed by atoms with Gasteiger partial charge in [-0.2, -0.15) is 0 Å². The van der Waals surface area contributed by atoms with Gasteiger partial charge in [-0.05, 0) is 40.7 Å². The summed E-state index contributed by atoms with van der Waals surface area (Å²) in [5.41, 5.74) is 7.85. The van der Waals surface area contributed by atoms with Gasteiger partial charge < -0.3 is 10.0 Å². The summed E-state index contributed by atoms with van der Waals surface area (Å²) >= 11 is 0. The zero-order chi connectivity index (χ0) is 21.7. The lowest BCUT2D eigenvalue weighted by Crippen LogP contribution is -2.31. The van der Waals surface area contributed by atoms with Crippen molar-refractivity contribution in [3.8, 4) is 11.5 Å². The first-order chi connectivity index (χ1) is 13.4. The normalized spacial score (nSPS) is 11.5.